The molecular formula is C26H21F2N3O2S. The Balaban J connectivity index is 1.65. The Labute approximate surface area is 199 Å². The summed E-state index contributed by atoms with van der Waals surface area (Å²) < 4.78 is 30.2. The lowest BCUT2D eigenvalue weighted by molar-refractivity contribution is -0.126. The number of aromatic nitrogens is 1. The Morgan fingerprint density at radius 2 is 1.74 bits per heavy atom. The fraction of sp³-hybridized carbons (Fsp3) is 0.154. The lowest BCUT2D eigenvalue weighted by Crippen LogP contribution is -2.44. The number of nitrogens with zero attached hydrogens (tertiary/aromatic N) is 2. The summed E-state index contributed by atoms with van der Waals surface area (Å²) in [7, 11) is 1.89. The predicted molar refractivity (Wildman–Crippen MR) is 129 cm³/mol. The Bertz CT molecular complexity index is 1400. The summed E-state index contributed by atoms with van der Waals surface area (Å²) in [5.41, 5.74) is 2.34. The second-order valence-electron chi connectivity index (χ2n) is 8.05. The second-order valence-corrected chi connectivity index (χ2v) is 9.01. The first-order valence-electron chi connectivity index (χ1n) is 10.7. The summed E-state index contributed by atoms with van der Waals surface area (Å²) in [6.07, 6.45) is 0. The molecule has 1 aliphatic heterocycles. The lowest BCUT2D eigenvalue weighted by atomic mass is 10.0. The van der Waals surface area contributed by atoms with E-state index in [0.29, 0.717) is 11.1 Å². The molecule has 4 aromatic rings. The molecule has 0 saturated heterocycles. The van der Waals surface area contributed by atoms with Crippen LogP contribution in [0.1, 0.15) is 17.2 Å². The van der Waals surface area contributed by atoms with Crippen molar-refractivity contribution in [2.75, 3.05) is 10.7 Å². The van der Waals surface area contributed by atoms with E-state index in [0.717, 1.165) is 15.9 Å². The molecule has 2 amide bonds. The topological polar surface area (TPSA) is 54.3 Å². The number of fused-ring (bicyclic) bond motifs is 3. The van der Waals surface area contributed by atoms with Gasteiger partial charge in [-0.2, -0.15) is 0 Å². The minimum Gasteiger partial charge on any atom is -0.350 e. The van der Waals surface area contributed by atoms with Gasteiger partial charge in [0.25, 0.3) is 0 Å². The summed E-state index contributed by atoms with van der Waals surface area (Å²) >= 11 is 1.34. The number of hydrogen-bond donors (Lipinski definition) is 1. The minimum atomic E-state index is -1.08. The van der Waals surface area contributed by atoms with Gasteiger partial charge < -0.3 is 9.88 Å². The number of benzene rings is 3. The molecule has 0 radical (unpaired) electrons. The molecule has 0 aliphatic carbocycles. The van der Waals surface area contributed by atoms with Crippen LogP contribution in [0.4, 0.5) is 14.5 Å². The number of anilines is 1. The Morgan fingerprint density at radius 1 is 1.03 bits per heavy atom. The number of rotatable bonds is 4. The van der Waals surface area contributed by atoms with Gasteiger partial charge in [-0.15, -0.1) is 0 Å². The van der Waals surface area contributed by atoms with Crippen molar-refractivity contribution in [2.45, 2.75) is 17.6 Å². The van der Waals surface area contributed by atoms with E-state index in [1.807, 2.05) is 35.9 Å². The fourth-order valence-electron chi connectivity index (χ4n) is 4.37. The van der Waals surface area contributed by atoms with Gasteiger partial charge in [0.15, 0.2) is 0 Å². The van der Waals surface area contributed by atoms with Crippen molar-refractivity contribution >= 4 is 40.2 Å². The molecule has 1 N–H and O–H groups in total. The second kappa shape index (κ2) is 8.95. The van der Waals surface area contributed by atoms with Gasteiger partial charge in [-0.05, 0) is 35.9 Å². The molecular weight excluding hydrogens is 456 g/mol. The van der Waals surface area contributed by atoms with Crippen molar-refractivity contribution in [3.63, 3.8) is 0 Å². The van der Waals surface area contributed by atoms with Crippen molar-refractivity contribution in [2.24, 2.45) is 7.05 Å². The quantitative estimate of drug-likeness (QED) is 0.452. The van der Waals surface area contributed by atoms with E-state index >= 15 is 0 Å². The van der Waals surface area contributed by atoms with Crippen LogP contribution in [0.3, 0.4) is 0 Å². The monoisotopic (exact) mass is 477 g/mol. The summed E-state index contributed by atoms with van der Waals surface area (Å²) in [5.74, 6) is -1.69. The molecule has 5 nitrogen and oxygen atoms in total. The highest BCUT2D eigenvalue weighted by Crippen LogP contribution is 2.43. The van der Waals surface area contributed by atoms with Gasteiger partial charge in [0.1, 0.15) is 17.7 Å². The molecule has 172 valence electrons. The lowest BCUT2D eigenvalue weighted by Gasteiger charge is -2.30. The molecule has 1 aromatic heterocycles. The van der Waals surface area contributed by atoms with Gasteiger partial charge in [-0.1, -0.05) is 54.2 Å². The number of amides is 2. The zero-order valence-corrected chi connectivity index (χ0v) is 19.1. The van der Waals surface area contributed by atoms with Crippen molar-refractivity contribution in [3.05, 3.63) is 95.6 Å². The minimum absolute atomic E-state index is 0.0517. The molecule has 0 fully saturated rings. The van der Waals surface area contributed by atoms with E-state index in [9.17, 15) is 18.4 Å². The normalized spacial score (nSPS) is 15.8. The summed E-state index contributed by atoms with van der Waals surface area (Å²) in [6.45, 7) is 0.141. The number of thioether (sulfide) groups is 1. The first kappa shape index (κ1) is 22.2. The Morgan fingerprint density at radius 3 is 2.50 bits per heavy atom. The molecule has 0 saturated carbocycles. The van der Waals surface area contributed by atoms with E-state index in [2.05, 4.69) is 5.32 Å². The summed E-state index contributed by atoms with van der Waals surface area (Å²) in [4.78, 5) is 28.3. The third kappa shape index (κ3) is 3.84. The standard InChI is InChI=1S/C26H21F2N3O2S/c1-30-20-8-4-2-6-18(20)23-24(25(33)29-14-16-10-12-17(27)13-11-16)31(22(32)15-34-26(23)30)21-9-5-3-7-19(21)28/h2-13,24H,14-15H2,1H3,(H,29,33). The van der Waals surface area contributed by atoms with Crippen LogP contribution >= 0.6 is 11.8 Å². The molecule has 1 atom stereocenters. The summed E-state index contributed by atoms with van der Waals surface area (Å²) in [5, 5.41) is 4.49. The molecule has 2 heterocycles. The van der Waals surface area contributed by atoms with Crippen LogP contribution in [0.5, 0.6) is 0 Å². The van der Waals surface area contributed by atoms with E-state index in [1.165, 1.54) is 40.9 Å². The molecule has 1 unspecified atom stereocenters. The molecule has 0 bridgehead atoms. The van der Waals surface area contributed by atoms with E-state index in [1.54, 1.807) is 24.3 Å². The number of carbonyl (C=O) groups is 2. The molecule has 0 spiro atoms. The number of aryl methyl sites for hydroxylation is 1. The number of halogens is 2. The van der Waals surface area contributed by atoms with Crippen LogP contribution in [-0.4, -0.2) is 22.1 Å². The van der Waals surface area contributed by atoms with Crippen LogP contribution in [0, 0.1) is 11.6 Å². The maximum Gasteiger partial charge on any atom is 0.248 e. The molecule has 34 heavy (non-hydrogen) atoms. The average Bonchev–Trinajstić information content (AvgIpc) is 3.02. The highest BCUT2D eigenvalue weighted by atomic mass is 32.2. The van der Waals surface area contributed by atoms with Gasteiger partial charge in [0.05, 0.1) is 16.5 Å². The number of carbonyl (C=O) groups excluding carboxylic acids is 2. The number of nitrogens with one attached hydrogen (secondary N) is 1. The van der Waals surface area contributed by atoms with Crippen molar-refractivity contribution in [3.8, 4) is 0 Å². The van der Waals surface area contributed by atoms with Gasteiger partial charge >= 0.3 is 0 Å². The van der Waals surface area contributed by atoms with Crippen LogP contribution in [-0.2, 0) is 23.2 Å². The average molecular weight is 478 g/mol. The van der Waals surface area contributed by atoms with E-state index in [-0.39, 0.29) is 29.7 Å². The van der Waals surface area contributed by atoms with Gasteiger partial charge in [-0.3, -0.25) is 14.5 Å². The Hall–Kier alpha value is -3.65. The number of hydrogen-bond acceptors (Lipinski definition) is 3. The third-order valence-electron chi connectivity index (χ3n) is 5.96. The SMILES string of the molecule is Cn1c2c(c3ccccc31)C(C(=O)NCc1ccc(F)cc1)N(c1ccccc1F)C(=O)CS2. The number of para-hydroxylation sites is 2. The van der Waals surface area contributed by atoms with Crippen molar-refractivity contribution in [1.29, 1.82) is 0 Å². The van der Waals surface area contributed by atoms with E-state index < -0.39 is 17.8 Å². The fourth-order valence-corrected chi connectivity index (χ4v) is 5.44. The molecule has 1 aliphatic rings. The van der Waals surface area contributed by atoms with Crippen LogP contribution in [0.15, 0.2) is 77.8 Å². The first-order valence-corrected chi connectivity index (χ1v) is 11.7. The molecule has 5 rings (SSSR count). The maximum atomic E-state index is 14.9. The molecule has 8 heteroatoms. The van der Waals surface area contributed by atoms with Gasteiger partial charge in [-0.25, -0.2) is 8.78 Å². The van der Waals surface area contributed by atoms with E-state index in [4.69, 9.17) is 0 Å². The van der Waals surface area contributed by atoms with Crippen LogP contribution in [0.25, 0.3) is 10.9 Å². The van der Waals surface area contributed by atoms with Gasteiger partial charge in [0, 0.05) is 30.1 Å². The molecule has 3 aromatic carbocycles. The Kier molecular flexibility index (Phi) is 5.83. The largest absolute Gasteiger partial charge is 0.350 e. The summed E-state index contributed by atoms with van der Waals surface area (Å²) in [6, 6.07) is 18.3. The van der Waals surface area contributed by atoms with Crippen molar-refractivity contribution < 1.29 is 18.4 Å². The van der Waals surface area contributed by atoms with Gasteiger partial charge in [0.2, 0.25) is 11.8 Å². The third-order valence-corrected chi connectivity index (χ3v) is 7.12. The van der Waals surface area contributed by atoms with Crippen LogP contribution in [0.2, 0.25) is 0 Å². The highest BCUT2D eigenvalue weighted by Gasteiger charge is 2.40. The maximum absolute atomic E-state index is 14.9. The highest BCUT2D eigenvalue weighted by molar-refractivity contribution is 8.00. The van der Waals surface area contributed by atoms with Crippen LogP contribution < -0.4 is 10.2 Å². The smallest absolute Gasteiger partial charge is 0.248 e. The zero-order valence-electron chi connectivity index (χ0n) is 18.3. The predicted octanol–water partition coefficient (Wildman–Crippen LogP) is 4.95. The zero-order chi connectivity index (χ0) is 23.8. The first-order chi connectivity index (χ1) is 16.5. The van der Waals surface area contributed by atoms with Crippen molar-refractivity contribution in [1.82, 2.24) is 9.88 Å².